The third-order valence-electron chi connectivity index (χ3n) is 3.20. The monoisotopic (exact) mass is 280 g/mol. The molecule has 6 heteroatoms. The second-order valence-electron chi connectivity index (χ2n) is 4.63. The number of aromatic amines is 1. The summed E-state index contributed by atoms with van der Waals surface area (Å²) in [7, 11) is 0. The molecule has 3 rings (SSSR count). The molecule has 104 valence electrons. The van der Waals surface area contributed by atoms with Crippen LogP contribution in [0.25, 0.3) is 22.8 Å². The molecule has 1 aromatic heterocycles. The Morgan fingerprint density at radius 3 is 2.71 bits per heavy atom. The van der Waals surface area contributed by atoms with Gasteiger partial charge in [-0.25, -0.2) is 4.98 Å². The van der Waals surface area contributed by atoms with Crippen molar-refractivity contribution in [3.05, 3.63) is 64.2 Å². The van der Waals surface area contributed by atoms with Crippen LogP contribution in [0.4, 0.5) is 5.69 Å². The molecule has 0 saturated heterocycles. The maximum Gasteiger partial charge on any atom is 0.270 e. The summed E-state index contributed by atoms with van der Waals surface area (Å²) in [5.74, 6) is 1.09. The van der Waals surface area contributed by atoms with Crippen molar-refractivity contribution in [1.29, 1.82) is 0 Å². The summed E-state index contributed by atoms with van der Waals surface area (Å²) in [5, 5.41) is 17.8. The molecule has 2 aromatic carbocycles. The van der Waals surface area contributed by atoms with E-state index in [0.717, 1.165) is 11.1 Å². The number of aryl methyl sites for hydroxylation is 1. The Bertz CT molecular complexity index is 811. The van der Waals surface area contributed by atoms with E-state index in [1.165, 1.54) is 12.1 Å². The molecule has 1 N–H and O–H groups in total. The lowest BCUT2D eigenvalue weighted by Gasteiger charge is -1.99. The Hall–Kier alpha value is -3.02. The van der Waals surface area contributed by atoms with Crippen LogP contribution in [-0.2, 0) is 0 Å². The van der Waals surface area contributed by atoms with Gasteiger partial charge < -0.3 is 0 Å². The molecular weight excluding hydrogens is 268 g/mol. The van der Waals surface area contributed by atoms with E-state index in [2.05, 4.69) is 15.2 Å². The van der Waals surface area contributed by atoms with Gasteiger partial charge in [0.25, 0.3) is 5.69 Å². The maximum atomic E-state index is 10.8. The minimum atomic E-state index is -0.432. The van der Waals surface area contributed by atoms with Gasteiger partial charge in [0.2, 0.25) is 0 Å². The summed E-state index contributed by atoms with van der Waals surface area (Å²) in [5.41, 5.74) is 2.68. The van der Waals surface area contributed by atoms with Crippen molar-refractivity contribution in [2.24, 2.45) is 0 Å². The standard InChI is InChI=1S/C15H12N4O2/c1-10-5-2-3-8-13(10)15-16-14(17-18-15)11-6-4-7-12(9-11)19(20)21/h2-9H,1H3,(H,16,17,18). The van der Waals surface area contributed by atoms with Gasteiger partial charge in [-0.1, -0.05) is 36.4 Å². The SMILES string of the molecule is Cc1ccccc1-c1nc(-c2cccc([N+](=O)[O-])c2)n[nH]1. The molecule has 0 saturated carbocycles. The summed E-state index contributed by atoms with van der Waals surface area (Å²) in [4.78, 5) is 14.8. The molecule has 0 unspecified atom stereocenters. The van der Waals surface area contributed by atoms with Crippen molar-refractivity contribution in [1.82, 2.24) is 15.2 Å². The van der Waals surface area contributed by atoms with Gasteiger partial charge in [0.05, 0.1) is 4.92 Å². The van der Waals surface area contributed by atoms with E-state index in [1.807, 2.05) is 31.2 Å². The average Bonchev–Trinajstić information content (AvgIpc) is 2.97. The zero-order valence-corrected chi connectivity index (χ0v) is 11.3. The number of hydrogen-bond donors (Lipinski definition) is 1. The molecule has 0 bridgehead atoms. The van der Waals surface area contributed by atoms with Gasteiger partial charge in [0.15, 0.2) is 11.6 Å². The number of rotatable bonds is 3. The van der Waals surface area contributed by atoms with Crippen molar-refractivity contribution in [3.8, 4) is 22.8 Å². The molecule has 0 aliphatic rings. The average molecular weight is 280 g/mol. The van der Waals surface area contributed by atoms with Crippen molar-refractivity contribution in [3.63, 3.8) is 0 Å². The van der Waals surface area contributed by atoms with Crippen LogP contribution in [0.15, 0.2) is 48.5 Å². The largest absolute Gasteiger partial charge is 0.270 e. The van der Waals surface area contributed by atoms with Crippen molar-refractivity contribution < 1.29 is 4.92 Å². The number of benzene rings is 2. The fourth-order valence-electron chi connectivity index (χ4n) is 2.11. The Morgan fingerprint density at radius 1 is 1.14 bits per heavy atom. The number of nitro benzene ring substituents is 1. The minimum Gasteiger partial charge on any atom is -0.259 e. The second-order valence-corrected chi connectivity index (χ2v) is 4.63. The number of H-pyrrole nitrogens is 1. The van der Waals surface area contributed by atoms with Crippen LogP contribution >= 0.6 is 0 Å². The van der Waals surface area contributed by atoms with Crippen LogP contribution in [-0.4, -0.2) is 20.1 Å². The zero-order valence-electron chi connectivity index (χ0n) is 11.3. The number of nitrogens with one attached hydrogen (secondary N) is 1. The third-order valence-corrected chi connectivity index (χ3v) is 3.20. The van der Waals surface area contributed by atoms with Crippen molar-refractivity contribution in [2.75, 3.05) is 0 Å². The smallest absolute Gasteiger partial charge is 0.259 e. The van der Waals surface area contributed by atoms with Gasteiger partial charge in [-0.05, 0) is 12.5 Å². The number of non-ortho nitro benzene ring substituents is 1. The predicted molar refractivity (Wildman–Crippen MR) is 78.6 cm³/mol. The molecule has 0 atom stereocenters. The zero-order chi connectivity index (χ0) is 14.8. The summed E-state index contributed by atoms with van der Waals surface area (Å²) in [6.45, 7) is 1.99. The van der Waals surface area contributed by atoms with E-state index in [-0.39, 0.29) is 5.69 Å². The Kier molecular flexibility index (Phi) is 3.19. The highest BCUT2D eigenvalue weighted by molar-refractivity contribution is 5.64. The lowest BCUT2D eigenvalue weighted by Crippen LogP contribution is -1.89. The lowest BCUT2D eigenvalue weighted by atomic mass is 10.1. The van der Waals surface area contributed by atoms with Crippen molar-refractivity contribution >= 4 is 5.69 Å². The lowest BCUT2D eigenvalue weighted by molar-refractivity contribution is -0.384. The van der Waals surface area contributed by atoms with E-state index in [4.69, 9.17) is 0 Å². The molecule has 0 amide bonds. The van der Waals surface area contributed by atoms with Crippen LogP contribution in [0, 0.1) is 17.0 Å². The van der Waals surface area contributed by atoms with E-state index < -0.39 is 4.92 Å². The van der Waals surface area contributed by atoms with Gasteiger partial charge in [0, 0.05) is 23.3 Å². The van der Waals surface area contributed by atoms with Crippen molar-refractivity contribution in [2.45, 2.75) is 6.92 Å². The molecule has 0 spiro atoms. The topological polar surface area (TPSA) is 84.7 Å². The molecule has 6 nitrogen and oxygen atoms in total. The minimum absolute atomic E-state index is 0.0229. The Balaban J connectivity index is 2.01. The third kappa shape index (κ3) is 2.51. The summed E-state index contributed by atoms with van der Waals surface area (Å²) in [6.07, 6.45) is 0. The first-order chi connectivity index (χ1) is 10.1. The molecule has 0 radical (unpaired) electrons. The Morgan fingerprint density at radius 2 is 1.95 bits per heavy atom. The summed E-state index contributed by atoms with van der Waals surface area (Å²) < 4.78 is 0. The molecule has 0 aliphatic carbocycles. The molecular formula is C15H12N4O2. The molecule has 21 heavy (non-hydrogen) atoms. The van der Waals surface area contributed by atoms with Crippen LogP contribution < -0.4 is 0 Å². The molecule has 3 aromatic rings. The van der Waals surface area contributed by atoms with Gasteiger partial charge in [-0.15, -0.1) is 0 Å². The summed E-state index contributed by atoms with van der Waals surface area (Å²) >= 11 is 0. The van der Waals surface area contributed by atoms with Crippen LogP contribution in [0.3, 0.4) is 0 Å². The van der Waals surface area contributed by atoms with E-state index in [9.17, 15) is 10.1 Å². The van der Waals surface area contributed by atoms with Gasteiger partial charge in [-0.3, -0.25) is 15.2 Å². The highest BCUT2D eigenvalue weighted by Crippen LogP contribution is 2.24. The first-order valence-electron chi connectivity index (χ1n) is 6.38. The Labute approximate surface area is 120 Å². The normalized spacial score (nSPS) is 10.5. The number of nitrogens with zero attached hydrogens (tertiary/aromatic N) is 3. The number of hydrogen-bond acceptors (Lipinski definition) is 4. The summed E-state index contributed by atoms with van der Waals surface area (Å²) in [6, 6.07) is 14.1. The predicted octanol–water partition coefficient (Wildman–Crippen LogP) is 3.36. The molecule has 0 aliphatic heterocycles. The van der Waals surface area contributed by atoms with Gasteiger partial charge in [-0.2, -0.15) is 5.10 Å². The fraction of sp³-hybridized carbons (Fsp3) is 0.0667. The van der Waals surface area contributed by atoms with Crippen LogP contribution in [0.1, 0.15) is 5.56 Å². The van der Waals surface area contributed by atoms with Gasteiger partial charge >= 0.3 is 0 Å². The van der Waals surface area contributed by atoms with Crippen LogP contribution in [0.2, 0.25) is 0 Å². The molecule has 0 fully saturated rings. The number of aromatic nitrogens is 3. The number of nitro groups is 1. The van der Waals surface area contributed by atoms with E-state index in [0.29, 0.717) is 17.2 Å². The maximum absolute atomic E-state index is 10.8. The highest BCUT2D eigenvalue weighted by atomic mass is 16.6. The van der Waals surface area contributed by atoms with Gasteiger partial charge in [0.1, 0.15) is 0 Å². The van der Waals surface area contributed by atoms with E-state index in [1.54, 1.807) is 12.1 Å². The van der Waals surface area contributed by atoms with E-state index >= 15 is 0 Å². The quantitative estimate of drug-likeness (QED) is 0.589. The first kappa shape index (κ1) is 13.0. The highest BCUT2D eigenvalue weighted by Gasteiger charge is 2.12. The van der Waals surface area contributed by atoms with Crippen LogP contribution in [0.5, 0.6) is 0 Å². The fourth-order valence-corrected chi connectivity index (χ4v) is 2.11. The molecule has 1 heterocycles. The second kappa shape index (κ2) is 5.16. The first-order valence-corrected chi connectivity index (χ1v) is 6.38.